The van der Waals surface area contributed by atoms with Gasteiger partial charge in [0.05, 0.1) is 36.2 Å². The Hall–Kier alpha value is -4.40. The molecular weight excluding hydrogens is 476 g/mol. The van der Waals surface area contributed by atoms with E-state index in [1.54, 1.807) is 7.11 Å². The van der Waals surface area contributed by atoms with Gasteiger partial charge in [-0.05, 0) is 47.5 Å². The largest absolute Gasteiger partial charge is 0.494 e. The van der Waals surface area contributed by atoms with E-state index in [-0.39, 0.29) is 25.3 Å². The van der Waals surface area contributed by atoms with Gasteiger partial charge in [0.1, 0.15) is 17.4 Å². The van der Waals surface area contributed by atoms with Crippen molar-refractivity contribution >= 4 is 34.0 Å². The zero-order valence-corrected chi connectivity index (χ0v) is 20.1. The summed E-state index contributed by atoms with van der Waals surface area (Å²) in [5.74, 6) is -0.410. The average Bonchev–Trinajstić information content (AvgIpc) is 3.52. The van der Waals surface area contributed by atoms with Gasteiger partial charge < -0.3 is 23.7 Å². The SMILES string of the molecule is COc1cc([C@@H]2c3cc4c(cc3[C@@H](OC(C)=O)[C@H]3COC(=O)[C@H]23)OCO4)cc2nc3ccccc3nc12. The summed E-state index contributed by atoms with van der Waals surface area (Å²) < 4.78 is 28.4. The summed E-state index contributed by atoms with van der Waals surface area (Å²) >= 11 is 0. The standard InChI is InChI=1S/C28H22N2O7/c1-13(31)37-27-16-10-22-21(35-12-36-22)9-15(16)24(25-17(27)11-34-28(25)32)14-7-20-26(23(8-14)33-2)30-19-6-4-3-5-18(19)29-20/h3-10,17,24-25,27H,11-12H2,1-2H3/t17-,24+,25-,27+/m0/s1. The molecule has 0 N–H and O–H groups in total. The third-order valence-electron chi connectivity index (χ3n) is 7.42. The highest BCUT2D eigenvalue weighted by Crippen LogP contribution is 2.55. The first-order valence-corrected chi connectivity index (χ1v) is 12.0. The zero-order valence-electron chi connectivity index (χ0n) is 20.1. The molecule has 9 nitrogen and oxygen atoms in total. The molecule has 1 saturated heterocycles. The molecule has 4 aromatic rings. The van der Waals surface area contributed by atoms with E-state index in [1.165, 1.54) is 6.92 Å². The Morgan fingerprint density at radius 2 is 1.68 bits per heavy atom. The van der Waals surface area contributed by atoms with Gasteiger partial charge in [-0.3, -0.25) is 9.59 Å². The predicted octanol–water partition coefficient (Wildman–Crippen LogP) is 4.06. The first-order chi connectivity index (χ1) is 18.0. The number of rotatable bonds is 3. The normalized spacial score (nSPS) is 23.5. The quantitative estimate of drug-likeness (QED) is 0.305. The van der Waals surface area contributed by atoms with Gasteiger partial charge in [0.2, 0.25) is 6.79 Å². The van der Waals surface area contributed by atoms with Crippen LogP contribution in [0.5, 0.6) is 17.2 Å². The number of ether oxygens (including phenoxy) is 5. The highest BCUT2D eigenvalue weighted by atomic mass is 16.7. The van der Waals surface area contributed by atoms with Gasteiger partial charge in [0.15, 0.2) is 11.5 Å². The van der Waals surface area contributed by atoms with E-state index >= 15 is 0 Å². The lowest BCUT2D eigenvalue weighted by atomic mass is 9.66. The molecule has 3 heterocycles. The van der Waals surface area contributed by atoms with Crippen molar-refractivity contribution < 1.29 is 33.3 Å². The summed E-state index contributed by atoms with van der Waals surface area (Å²) in [7, 11) is 1.59. The minimum absolute atomic E-state index is 0.0997. The van der Waals surface area contributed by atoms with Crippen LogP contribution in [0.15, 0.2) is 48.5 Å². The van der Waals surface area contributed by atoms with Crippen molar-refractivity contribution in [3.8, 4) is 17.2 Å². The van der Waals surface area contributed by atoms with Crippen LogP contribution < -0.4 is 14.2 Å². The number of esters is 2. The second-order valence-corrected chi connectivity index (χ2v) is 9.46. The molecule has 4 atom stereocenters. The molecule has 3 aliphatic rings. The van der Waals surface area contributed by atoms with Gasteiger partial charge in [0, 0.05) is 24.3 Å². The molecule has 1 aliphatic carbocycles. The van der Waals surface area contributed by atoms with E-state index in [1.807, 2.05) is 48.5 Å². The maximum atomic E-state index is 13.2. The molecule has 37 heavy (non-hydrogen) atoms. The van der Waals surface area contributed by atoms with Crippen molar-refractivity contribution in [2.45, 2.75) is 18.9 Å². The maximum absolute atomic E-state index is 13.2. The summed E-state index contributed by atoms with van der Waals surface area (Å²) in [4.78, 5) is 34.9. The molecule has 186 valence electrons. The summed E-state index contributed by atoms with van der Waals surface area (Å²) in [6.07, 6.45) is -0.652. The Labute approximate surface area is 211 Å². The fourth-order valence-electron chi connectivity index (χ4n) is 5.89. The second kappa shape index (κ2) is 8.06. The van der Waals surface area contributed by atoms with E-state index in [9.17, 15) is 9.59 Å². The van der Waals surface area contributed by atoms with Crippen LogP contribution in [0.3, 0.4) is 0 Å². The highest BCUT2D eigenvalue weighted by Gasteiger charge is 2.54. The Kier molecular flexibility index (Phi) is 4.76. The first-order valence-electron chi connectivity index (χ1n) is 12.0. The Balaban J connectivity index is 1.48. The molecule has 0 saturated carbocycles. The average molecular weight is 498 g/mol. The fraction of sp³-hybridized carbons (Fsp3) is 0.286. The van der Waals surface area contributed by atoms with Gasteiger partial charge in [0.25, 0.3) is 0 Å². The van der Waals surface area contributed by atoms with Crippen LogP contribution in [0.2, 0.25) is 0 Å². The monoisotopic (exact) mass is 498 g/mol. The molecule has 0 bridgehead atoms. The maximum Gasteiger partial charge on any atom is 0.310 e. The number of cyclic esters (lactones) is 1. The van der Waals surface area contributed by atoms with Crippen LogP contribution in [0.4, 0.5) is 0 Å². The van der Waals surface area contributed by atoms with E-state index in [0.717, 1.165) is 27.7 Å². The van der Waals surface area contributed by atoms with Crippen LogP contribution in [0, 0.1) is 11.8 Å². The van der Waals surface area contributed by atoms with Gasteiger partial charge in [-0.1, -0.05) is 12.1 Å². The molecule has 0 radical (unpaired) electrons. The van der Waals surface area contributed by atoms with E-state index in [0.29, 0.717) is 28.3 Å². The van der Waals surface area contributed by atoms with E-state index in [2.05, 4.69) is 0 Å². The van der Waals surface area contributed by atoms with Crippen molar-refractivity contribution in [1.29, 1.82) is 0 Å². The van der Waals surface area contributed by atoms with Gasteiger partial charge >= 0.3 is 11.9 Å². The molecule has 0 spiro atoms. The third kappa shape index (κ3) is 3.30. The smallest absolute Gasteiger partial charge is 0.310 e. The number of benzene rings is 3. The number of nitrogens with zero attached hydrogens (tertiary/aromatic N) is 2. The summed E-state index contributed by atoms with van der Waals surface area (Å²) in [5.41, 5.74) is 5.22. The van der Waals surface area contributed by atoms with Crippen molar-refractivity contribution in [2.75, 3.05) is 20.5 Å². The molecule has 0 unspecified atom stereocenters. The second-order valence-electron chi connectivity index (χ2n) is 9.46. The van der Waals surface area contributed by atoms with Crippen LogP contribution in [-0.2, 0) is 19.1 Å². The highest BCUT2D eigenvalue weighted by molar-refractivity contribution is 5.90. The number of carbonyl (C=O) groups is 2. The van der Waals surface area contributed by atoms with Crippen molar-refractivity contribution in [3.05, 3.63) is 65.2 Å². The number of hydrogen-bond acceptors (Lipinski definition) is 9. The fourth-order valence-corrected chi connectivity index (χ4v) is 5.89. The molecule has 9 heteroatoms. The molecule has 7 rings (SSSR count). The van der Waals surface area contributed by atoms with Gasteiger partial charge in [-0.25, -0.2) is 9.97 Å². The van der Waals surface area contributed by atoms with Crippen molar-refractivity contribution in [1.82, 2.24) is 9.97 Å². The van der Waals surface area contributed by atoms with Crippen molar-refractivity contribution in [3.63, 3.8) is 0 Å². The Morgan fingerprint density at radius 1 is 0.946 bits per heavy atom. The molecule has 1 fully saturated rings. The number of carbonyl (C=O) groups excluding carboxylic acids is 2. The minimum atomic E-state index is -0.652. The van der Waals surface area contributed by atoms with Gasteiger partial charge in [-0.2, -0.15) is 0 Å². The Morgan fingerprint density at radius 3 is 2.41 bits per heavy atom. The third-order valence-corrected chi connectivity index (χ3v) is 7.42. The predicted molar refractivity (Wildman–Crippen MR) is 130 cm³/mol. The van der Waals surface area contributed by atoms with Crippen LogP contribution >= 0.6 is 0 Å². The summed E-state index contributed by atoms with van der Waals surface area (Å²) in [6, 6.07) is 15.2. The van der Waals surface area contributed by atoms with E-state index in [4.69, 9.17) is 33.7 Å². The zero-order chi connectivity index (χ0) is 25.3. The molecule has 0 amide bonds. The number of hydrogen-bond donors (Lipinski definition) is 0. The molecular formula is C28H22N2O7. The number of fused-ring (bicyclic) bond motifs is 5. The lowest BCUT2D eigenvalue weighted by molar-refractivity contribution is -0.152. The van der Waals surface area contributed by atoms with Crippen LogP contribution in [0.1, 0.15) is 35.6 Å². The first kappa shape index (κ1) is 21.8. The van der Waals surface area contributed by atoms with Gasteiger partial charge in [-0.15, -0.1) is 0 Å². The number of aromatic nitrogens is 2. The molecule has 1 aromatic heterocycles. The van der Waals surface area contributed by atoms with Crippen LogP contribution in [-0.4, -0.2) is 42.4 Å². The van der Waals surface area contributed by atoms with Crippen LogP contribution in [0.25, 0.3) is 22.1 Å². The summed E-state index contributed by atoms with van der Waals surface area (Å²) in [5, 5.41) is 0. The van der Waals surface area contributed by atoms with Crippen molar-refractivity contribution in [2.24, 2.45) is 11.8 Å². The lowest BCUT2D eigenvalue weighted by Gasteiger charge is -2.38. The Bertz CT molecular complexity index is 1620. The number of methoxy groups -OCH3 is 1. The number of para-hydroxylation sites is 2. The topological polar surface area (TPSA) is 106 Å². The lowest BCUT2D eigenvalue weighted by Crippen LogP contribution is -2.36. The molecule has 2 aliphatic heterocycles. The molecule has 3 aromatic carbocycles. The summed E-state index contributed by atoms with van der Waals surface area (Å²) in [6.45, 7) is 1.62. The minimum Gasteiger partial charge on any atom is -0.494 e. The van der Waals surface area contributed by atoms with E-state index < -0.39 is 23.9 Å².